The first-order valence-corrected chi connectivity index (χ1v) is 11.7. The van der Waals surface area contributed by atoms with Gasteiger partial charge in [-0.15, -0.1) is 0 Å². The molecule has 5 rings (SSSR count). The fraction of sp³-hybridized carbons (Fsp3) is 0.286. The number of nitrogens with zero attached hydrogens (tertiary/aromatic N) is 3. The van der Waals surface area contributed by atoms with Crippen LogP contribution in [0.5, 0.6) is 0 Å². The number of amides is 1. The van der Waals surface area contributed by atoms with E-state index in [0.29, 0.717) is 13.1 Å². The monoisotopic (exact) mass is 438 g/mol. The lowest BCUT2D eigenvalue weighted by atomic mass is 9.97. The quantitative estimate of drug-likeness (QED) is 0.446. The molecule has 5 heteroatoms. The lowest BCUT2D eigenvalue weighted by Gasteiger charge is -2.26. The lowest BCUT2D eigenvalue weighted by Crippen LogP contribution is -2.34. The van der Waals surface area contributed by atoms with E-state index in [2.05, 4.69) is 58.9 Å². The lowest BCUT2D eigenvalue weighted by molar-refractivity contribution is 0.0772. The normalized spacial score (nSPS) is 14.0. The molecule has 0 radical (unpaired) electrons. The molecule has 0 saturated heterocycles. The van der Waals surface area contributed by atoms with Gasteiger partial charge in [-0.3, -0.25) is 9.78 Å². The zero-order chi connectivity index (χ0) is 22.9. The summed E-state index contributed by atoms with van der Waals surface area (Å²) in [7, 11) is 0. The Hall–Kier alpha value is -3.60. The van der Waals surface area contributed by atoms with E-state index in [1.165, 1.54) is 27.6 Å². The van der Waals surface area contributed by atoms with Crippen molar-refractivity contribution in [2.75, 3.05) is 13.1 Å². The third-order valence-corrected chi connectivity index (χ3v) is 6.88. The fourth-order valence-electron chi connectivity index (χ4n) is 4.96. The van der Waals surface area contributed by atoms with E-state index < -0.39 is 0 Å². The van der Waals surface area contributed by atoms with Crippen molar-refractivity contribution >= 4 is 22.4 Å². The second kappa shape index (κ2) is 8.74. The van der Waals surface area contributed by atoms with Gasteiger partial charge in [-0.05, 0) is 56.0 Å². The predicted octanol–water partition coefficient (Wildman–Crippen LogP) is 5.52. The maximum absolute atomic E-state index is 13.4. The Labute approximate surface area is 194 Å². The number of fused-ring (bicyclic) bond motifs is 1. The molecule has 1 aliphatic heterocycles. The minimum absolute atomic E-state index is 0.109. The molecule has 0 aliphatic carbocycles. The van der Waals surface area contributed by atoms with Crippen molar-refractivity contribution in [3.05, 3.63) is 94.7 Å². The van der Waals surface area contributed by atoms with Crippen LogP contribution in [0.1, 0.15) is 51.9 Å². The van der Waals surface area contributed by atoms with Gasteiger partial charge in [0.1, 0.15) is 0 Å². The van der Waals surface area contributed by atoms with Crippen LogP contribution in [-0.4, -0.2) is 38.4 Å². The third kappa shape index (κ3) is 3.88. The molecule has 1 N–H and O–H groups in total. The van der Waals surface area contributed by atoms with Gasteiger partial charge in [-0.2, -0.15) is 0 Å². The Morgan fingerprint density at radius 3 is 2.76 bits per heavy atom. The van der Waals surface area contributed by atoms with Gasteiger partial charge in [-0.1, -0.05) is 37.3 Å². The fourth-order valence-corrected chi connectivity index (χ4v) is 4.96. The molecule has 0 bridgehead atoms. The number of hydrogen-bond donors (Lipinski definition) is 1. The zero-order valence-corrected chi connectivity index (χ0v) is 19.6. The number of aryl methyl sites for hydroxylation is 2. The summed E-state index contributed by atoms with van der Waals surface area (Å²) in [6.07, 6.45) is 8.02. The summed E-state index contributed by atoms with van der Waals surface area (Å²) < 4.78 is 2.18. The number of hydrogen-bond acceptors (Lipinski definition) is 2. The molecule has 168 valence electrons. The van der Waals surface area contributed by atoms with Gasteiger partial charge in [0.05, 0.1) is 17.8 Å². The maximum Gasteiger partial charge on any atom is 0.255 e. The van der Waals surface area contributed by atoms with Crippen LogP contribution >= 0.6 is 0 Å². The van der Waals surface area contributed by atoms with E-state index in [0.717, 1.165) is 42.0 Å². The van der Waals surface area contributed by atoms with Gasteiger partial charge in [0.2, 0.25) is 0 Å². The van der Waals surface area contributed by atoms with Gasteiger partial charge in [0.15, 0.2) is 0 Å². The van der Waals surface area contributed by atoms with Crippen LogP contribution in [-0.2, 0) is 13.0 Å². The van der Waals surface area contributed by atoms with Crippen molar-refractivity contribution in [3.63, 3.8) is 0 Å². The molecule has 0 unspecified atom stereocenters. The Morgan fingerprint density at radius 2 is 2.03 bits per heavy atom. The summed E-state index contributed by atoms with van der Waals surface area (Å²) in [6, 6.07) is 14.5. The van der Waals surface area contributed by atoms with E-state index in [4.69, 9.17) is 0 Å². The highest BCUT2D eigenvalue weighted by Crippen LogP contribution is 2.31. The van der Waals surface area contributed by atoms with Crippen molar-refractivity contribution in [2.45, 2.75) is 40.2 Å². The second-order valence-electron chi connectivity index (χ2n) is 8.82. The number of nitrogens with one attached hydrogen (secondary N) is 1. The summed E-state index contributed by atoms with van der Waals surface area (Å²) in [6.45, 7) is 8.32. The van der Waals surface area contributed by atoms with Crippen molar-refractivity contribution in [2.24, 2.45) is 0 Å². The number of H-pyrrole nitrogens is 1. The van der Waals surface area contributed by atoms with E-state index in [9.17, 15) is 4.79 Å². The molecule has 1 amide bonds. The van der Waals surface area contributed by atoms with Gasteiger partial charge in [-0.25, -0.2) is 0 Å². The summed E-state index contributed by atoms with van der Waals surface area (Å²) in [5, 5.41) is 1.28. The highest BCUT2D eigenvalue weighted by molar-refractivity contribution is 5.97. The molecular formula is C28H30N4O. The van der Waals surface area contributed by atoms with Crippen LogP contribution < -0.4 is 0 Å². The third-order valence-electron chi connectivity index (χ3n) is 6.88. The second-order valence-corrected chi connectivity index (χ2v) is 8.82. The first kappa shape index (κ1) is 21.3. The number of aromatic nitrogens is 3. The first-order chi connectivity index (χ1) is 16.1. The molecule has 1 aromatic carbocycles. The van der Waals surface area contributed by atoms with Crippen molar-refractivity contribution < 1.29 is 4.79 Å². The van der Waals surface area contributed by atoms with Gasteiger partial charge in [0.25, 0.3) is 5.91 Å². The Kier molecular flexibility index (Phi) is 5.63. The van der Waals surface area contributed by atoms with Crippen LogP contribution in [0.15, 0.2) is 60.9 Å². The standard InChI is InChI=1S/C28H30N4O/c1-4-21-8-7-10-24-26(17-30-27(21)24)22-11-14-31(15-12-22)28(33)25-16-19(2)32(20(25)3)18-23-9-5-6-13-29-23/h5-11,13,16-17,30H,4,12,14-15,18H2,1-3H3. The van der Waals surface area contributed by atoms with Crippen LogP contribution in [0, 0.1) is 13.8 Å². The molecular weight excluding hydrogens is 408 g/mol. The van der Waals surface area contributed by atoms with Crippen molar-refractivity contribution in [3.8, 4) is 0 Å². The summed E-state index contributed by atoms with van der Waals surface area (Å²) in [4.78, 5) is 23.3. The summed E-state index contributed by atoms with van der Waals surface area (Å²) >= 11 is 0. The Balaban J connectivity index is 1.35. The van der Waals surface area contributed by atoms with E-state index >= 15 is 0 Å². The highest BCUT2D eigenvalue weighted by Gasteiger charge is 2.24. The predicted molar refractivity (Wildman–Crippen MR) is 133 cm³/mol. The average Bonchev–Trinajstić information content (AvgIpc) is 3.41. The minimum atomic E-state index is 0.109. The first-order valence-electron chi connectivity index (χ1n) is 11.7. The summed E-state index contributed by atoms with van der Waals surface area (Å²) in [5.74, 6) is 0.109. The molecule has 0 atom stereocenters. The molecule has 4 aromatic rings. The SMILES string of the molecule is CCc1cccc2c(C3=CCN(C(=O)c4cc(C)n(Cc5ccccn5)c4C)CC3)c[nH]c12. The van der Waals surface area contributed by atoms with Crippen molar-refractivity contribution in [1.82, 2.24) is 19.4 Å². The highest BCUT2D eigenvalue weighted by atomic mass is 16.2. The molecule has 0 spiro atoms. The molecule has 4 heterocycles. The van der Waals surface area contributed by atoms with Gasteiger partial charge < -0.3 is 14.5 Å². The number of carbonyl (C=O) groups excluding carboxylic acids is 1. The van der Waals surface area contributed by atoms with Crippen molar-refractivity contribution in [1.29, 1.82) is 0 Å². The molecule has 0 saturated carbocycles. The number of benzene rings is 1. The van der Waals surface area contributed by atoms with E-state index in [-0.39, 0.29) is 5.91 Å². The largest absolute Gasteiger partial charge is 0.360 e. The van der Waals surface area contributed by atoms with Crippen LogP contribution in [0.4, 0.5) is 0 Å². The Morgan fingerprint density at radius 1 is 1.15 bits per heavy atom. The molecule has 1 aliphatic rings. The molecule has 0 fully saturated rings. The summed E-state index contributed by atoms with van der Waals surface area (Å²) in [5.41, 5.74) is 9.03. The number of aromatic amines is 1. The van der Waals surface area contributed by atoms with Crippen LogP contribution in [0.3, 0.4) is 0 Å². The minimum Gasteiger partial charge on any atom is -0.360 e. The smallest absolute Gasteiger partial charge is 0.255 e. The molecule has 3 aromatic heterocycles. The topological polar surface area (TPSA) is 53.9 Å². The van der Waals surface area contributed by atoms with Gasteiger partial charge in [0, 0.05) is 53.3 Å². The van der Waals surface area contributed by atoms with Crippen LogP contribution in [0.25, 0.3) is 16.5 Å². The van der Waals surface area contributed by atoms with E-state index in [1.54, 1.807) is 0 Å². The van der Waals surface area contributed by atoms with Gasteiger partial charge >= 0.3 is 0 Å². The Bertz CT molecular complexity index is 1340. The number of carbonyl (C=O) groups is 1. The average molecular weight is 439 g/mol. The zero-order valence-electron chi connectivity index (χ0n) is 19.6. The number of para-hydroxylation sites is 1. The number of pyridine rings is 1. The number of rotatable bonds is 5. The maximum atomic E-state index is 13.4. The molecule has 33 heavy (non-hydrogen) atoms. The molecule has 5 nitrogen and oxygen atoms in total. The van der Waals surface area contributed by atoms with E-state index in [1.807, 2.05) is 42.3 Å². The van der Waals surface area contributed by atoms with Crippen LogP contribution in [0.2, 0.25) is 0 Å².